The maximum absolute atomic E-state index is 5.82. The van der Waals surface area contributed by atoms with Gasteiger partial charge in [0.15, 0.2) is 0 Å². The Balaban J connectivity index is 0.00000729. The molecule has 0 heterocycles. The minimum absolute atomic E-state index is 0. The van der Waals surface area contributed by atoms with Crippen LogP contribution in [0.25, 0.3) is 0 Å². The zero-order valence-corrected chi connectivity index (χ0v) is 19.2. The Hall–Kier alpha value is -0.730. The molecule has 0 atom stereocenters. The van der Waals surface area contributed by atoms with Crippen molar-refractivity contribution in [2.45, 2.75) is 110 Å². The van der Waals surface area contributed by atoms with Gasteiger partial charge in [0, 0.05) is 0 Å². The van der Waals surface area contributed by atoms with Gasteiger partial charge in [-0.25, -0.2) is 0 Å². The van der Waals surface area contributed by atoms with E-state index in [0.29, 0.717) is 6.54 Å². The maximum atomic E-state index is 5.82. The summed E-state index contributed by atoms with van der Waals surface area (Å²) in [4.78, 5) is 0. The van der Waals surface area contributed by atoms with Gasteiger partial charge in [-0.3, -0.25) is 0 Å². The summed E-state index contributed by atoms with van der Waals surface area (Å²) >= 11 is 0. The number of rotatable bonds is 19. The van der Waals surface area contributed by atoms with Gasteiger partial charge in [-0.1, -0.05) is 109 Å². The number of hydrogen-bond acceptors (Lipinski definition) is 2. The molecular weight excluding hydrogens is 366 g/mol. The highest BCUT2D eigenvalue weighted by Gasteiger charge is 1.97. The normalized spacial score (nSPS) is 10.6. The third kappa shape index (κ3) is 16.2. The summed E-state index contributed by atoms with van der Waals surface area (Å²) in [7, 11) is 0. The Kier molecular flexibility index (Phi) is 20.4. The van der Waals surface area contributed by atoms with Crippen molar-refractivity contribution < 1.29 is 4.74 Å². The average Bonchev–Trinajstić information content (AvgIpc) is 2.69. The van der Waals surface area contributed by atoms with Crippen LogP contribution in [0, 0.1) is 0 Å². The van der Waals surface area contributed by atoms with Crippen LogP contribution in [-0.4, -0.2) is 13.2 Å². The van der Waals surface area contributed by atoms with E-state index in [2.05, 4.69) is 31.2 Å². The van der Waals surface area contributed by atoms with E-state index in [4.69, 9.17) is 10.5 Å². The molecule has 0 radical (unpaired) electrons. The first-order valence-corrected chi connectivity index (χ1v) is 11.8. The van der Waals surface area contributed by atoms with Crippen LogP contribution in [0.3, 0.4) is 0 Å². The van der Waals surface area contributed by atoms with Gasteiger partial charge in [0.05, 0.1) is 6.61 Å². The van der Waals surface area contributed by atoms with E-state index in [0.717, 1.165) is 18.8 Å². The number of unbranched alkanes of at least 4 members (excludes halogenated alkanes) is 14. The van der Waals surface area contributed by atoms with Crippen LogP contribution in [0.2, 0.25) is 0 Å². The molecular formula is C25H46ClNO. The highest BCUT2D eigenvalue weighted by Crippen LogP contribution is 2.15. The van der Waals surface area contributed by atoms with E-state index in [9.17, 15) is 0 Å². The van der Waals surface area contributed by atoms with Crippen molar-refractivity contribution in [3.8, 4) is 5.75 Å². The molecule has 1 aromatic carbocycles. The van der Waals surface area contributed by atoms with Crippen LogP contribution in [-0.2, 0) is 6.42 Å². The second kappa shape index (κ2) is 21.0. The largest absolute Gasteiger partial charge is 0.494 e. The molecule has 0 aliphatic heterocycles. The molecule has 28 heavy (non-hydrogen) atoms. The molecule has 0 amide bonds. The van der Waals surface area contributed by atoms with Crippen molar-refractivity contribution >= 4 is 12.4 Å². The van der Waals surface area contributed by atoms with Gasteiger partial charge in [-0.15, -0.1) is 12.4 Å². The monoisotopic (exact) mass is 411 g/mol. The van der Waals surface area contributed by atoms with Crippen molar-refractivity contribution in [1.82, 2.24) is 0 Å². The SMILES string of the molecule is CCCCCCCCCCCCCCCCCOc1ccc(CCN)cc1.Cl. The summed E-state index contributed by atoms with van der Waals surface area (Å²) in [6, 6.07) is 8.37. The molecule has 0 aliphatic carbocycles. The lowest BCUT2D eigenvalue weighted by Gasteiger charge is -2.07. The zero-order chi connectivity index (χ0) is 19.4. The Morgan fingerprint density at radius 1 is 0.643 bits per heavy atom. The van der Waals surface area contributed by atoms with E-state index in [-0.39, 0.29) is 12.4 Å². The summed E-state index contributed by atoms with van der Waals surface area (Å²) in [5.41, 5.74) is 6.86. The molecule has 3 heteroatoms. The lowest BCUT2D eigenvalue weighted by Crippen LogP contribution is -2.02. The first kappa shape index (κ1) is 27.3. The highest BCUT2D eigenvalue weighted by molar-refractivity contribution is 5.85. The van der Waals surface area contributed by atoms with Gasteiger partial charge in [0.2, 0.25) is 0 Å². The summed E-state index contributed by atoms with van der Waals surface area (Å²) in [6.45, 7) is 3.84. The minimum Gasteiger partial charge on any atom is -0.494 e. The average molecular weight is 412 g/mol. The zero-order valence-electron chi connectivity index (χ0n) is 18.4. The molecule has 0 aliphatic rings. The van der Waals surface area contributed by atoms with E-state index in [1.54, 1.807) is 0 Å². The number of hydrogen-bond donors (Lipinski definition) is 1. The third-order valence-corrected chi connectivity index (χ3v) is 5.37. The summed E-state index contributed by atoms with van der Waals surface area (Å²) in [5.74, 6) is 0.987. The summed E-state index contributed by atoms with van der Waals surface area (Å²) in [5, 5.41) is 0. The van der Waals surface area contributed by atoms with E-state index in [1.807, 2.05) is 0 Å². The van der Waals surface area contributed by atoms with Gasteiger partial charge in [0.25, 0.3) is 0 Å². The number of benzene rings is 1. The van der Waals surface area contributed by atoms with Crippen LogP contribution < -0.4 is 10.5 Å². The van der Waals surface area contributed by atoms with E-state index in [1.165, 1.54) is 102 Å². The van der Waals surface area contributed by atoms with Crippen LogP contribution in [0.4, 0.5) is 0 Å². The molecule has 2 N–H and O–H groups in total. The first-order chi connectivity index (χ1) is 13.4. The topological polar surface area (TPSA) is 35.2 Å². The molecule has 0 aromatic heterocycles. The van der Waals surface area contributed by atoms with Crippen molar-refractivity contribution in [1.29, 1.82) is 0 Å². The second-order valence-electron chi connectivity index (χ2n) is 7.98. The summed E-state index contributed by atoms with van der Waals surface area (Å²) < 4.78 is 5.82. The fourth-order valence-corrected chi connectivity index (χ4v) is 3.58. The molecule has 0 unspecified atom stereocenters. The Bertz CT molecular complexity index is 421. The number of ether oxygens (including phenoxy) is 1. The standard InChI is InChI=1S/C25H45NO.ClH/c1-2-3-4-5-6-7-8-9-10-11-12-13-14-15-16-23-27-25-19-17-24(18-20-25)21-22-26;/h17-20H,2-16,21-23,26H2,1H3;1H. The van der Waals surface area contributed by atoms with Crippen LogP contribution in [0.1, 0.15) is 109 Å². The molecule has 164 valence electrons. The predicted octanol–water partition coefficient (Wildman–Crippen LogP) is 7.86. The Labute approximate surface area is 181 Å². The quantitative estimate of drug-likeness (QED) is 0.235. The van der Waals surface area contributed by atoms with Gasteiger partial charge in [-0.05, 0) is 37.1 Å². The van der Waals surface area contributed by atoms with Gasteiger partial charge < -0.3 is 10.5 Å². The predicted molar refractivity (Wildman–Crippen MR) is 127 cm³/mol. The number of halogens is 1. The fourth-order valence-electron chi connectivity index (χ4n) is 3.58. The molecule has 0 spiro atoms. The van der Waals surface area contributed by atoms with Crippen molar-refractivity contribution in [2.24, 2.45) is 5.73 Å². The van der Waals surface area contributed by atoms with Gasteiger partial charge in [-0.2, -0.15) is 0 Å². The van der Waals surface area contributed by atoms with E-state index >= 15 is 0 Å². The molecule has 2 nitrogen and oxygen atoms in total. The van der Waals surface area contributed by atoms with Gasteiger partial charge in [0.1, 0.15) is 5.75 Å². The smallest absolute Gasteiger partial charge is 0.119 e. The van der Waals surface area contributed by atoms with Crippen molar-refractivity contribution in [3.63, 3.8) is 0 Å². The van der Waals surface area contributed by atoms with Crippen molar-refractivity contribution in [3.05, 3.63) is 29.8 Å². The molecule has 1 aromatic rings. The Morgan fingerprint density at radius 3 is 1.50 bits per heavy atom. The molecule has 0 saturated heterocycles. The molecule has 0 bridgehead atoms. The number of nitrogens with two attached hydrogens (primary N) is 1. The first-order valence-electron chi connectivity index (χ1n) is 11.8. The maximum Gasteiger partial charge on any atom is 0.119 e. The van der Waals surface area contributed by atoms with Crippen LogP contribution >= 0.6 is 12.4 Å². The lowest BCUT2D eigenvalue weighted by molar-refractivity contribution is 0.304. The second-order valence-corrected chi connectivity index (χ2v) is 7.98. The van der Waals surface area contributed by atoms with Crippen LogP contribution in [0.15, 0.2) is 24.3 Å². The van der Waals surface area contributed by atoms with E-state index < -0.39 is 0 Å². The summed E-state index contributed by atoms with van der Waals surface area (Å²) in [6.07, 6.45) is 22.0. The molecule has 0 saturated carbocycles. The van der Waals surface area contributed by atoms with Crippen LogP contribution in [0.5, 0.6) is 5.75 Å². The third-order valence-electron chi connectivity index (χ3n) is 5.37. The fraction of sp³-hybridized carbons (Fsp3) is 0.760. The Morgan fingerprint density at radius 2 is 1.07 bits per heavy atom. The molecule has 0 fully saturated rings. The lowest BCUT2D eigenvalue weighted by atomic mass is 10.0. The highest BCUT2D eigenvalue weighted by atomic mass is 35.5. The molecule has 1 rings (SSSR count). The minimum atomic E-state index is 0. The van der Waals surface area contributed by atoms with Gasteiger partial charge >= 0.3 is 0 Å². The van der Waals surface area contributed by atoms with Crippen molar-refractivity contribution in [2.75, 3.05) is 13.2 Å².